The molecule has 0 unspecified atom stereocenters. The fourth-order valence-corrected chi connectivity index (χ4v) is 4.73. The Morgan fingerprint density at radius 1 is 1.09 bits per heavy atom. The second-order valence-electron chi connectivity index (χ2n) is 8.57. The average Bonchev–Trinajstić information content (AvgIpc) is 3.62. The SMILES string of the molecule is Nc1ncnc2c1c(-c1ccc(CNC(=O)c3cccc4ocnc34)cc1)nn2C1CCCC1. The summed E-state index contributed by atoms with van der Waals surface area (Å²) in [4.78, 5) is 25.5. The van der Waals surface area contributed by atoms with Crippen molar-refractivity contribution in [2.75, 3.05) is 5.73 Å². The van der Waals surface area contributed by atoms with Crippen LogP contribution in [0.2, 0.25) is 0 Å². The lowest BCUT2D eigenvalue weighted by Gasteiger charge is -2.10. The lowest BCUT2D eigenvalue weighted by atomic mass is 10.1. The summed E-state index contributed by atoms with van der Waals surface area (Å²) < 4.78 is 7.31. The van der Waals surface area contributed by atoms with E-state index in [4.69, 9.17) is 15.2 Å². The molecule has 1 amide bonds. The zero-order valence-corrected chi connectivity index (χ0v) is 18.4. The van der Waals surface area contributed by atoms with E-state index in [-0.39, 0.29) is 5.91 Å². The van der Waals surface area contributed by atoms with Crippen LogP contribution < -0.4 is 11.1 Å². The van der Waals surface area contributed by atoms with Crippen LogP contribution in [0.25, 0.3) is 33.4 Å². The van der Waals surface area contributed by atoms with E-state index in [0.29, 0.717) is 35.1 Å². The fourth-order valence-electron chi connectivity index (χ4n) is 4.73. The van der Waals surface area contributed by atoms with Gasteiger partial charge in [0.05, 0.1) is 17.0 Å². The number of nitrogen functional groups attached to an aromatic ring is 1. The van der Waals surface area contributed by atoms with E-state index in [2.05, 4.69) is 20.3 Å². The number of oxazole rings is 1. The molecule has 1 aliphatic carbocycles. The first-order valence-corrected chi connectivity index (χ1v) is 11.4. The van der Waals surface area contributed by atoms with Crippen LogP contribution in [-0.4, -0.2) is 30.6 Å². The van der Waals surface area contributed by atoms with E-state index >= 15 is 0 Å². The van der Waals surface area contributed by atoms with Crippen LogP contribution in [0.4, 0.5) is 5.82 Å². The summed E-state index contributed by atoms with van der Waals surface area (Å²) in [5, 5.41) is 8.66. The first-order chi connectivity index (χ1) is 16.7. The number of benzene rings is 2. The summed E-state index contributed by atoms with van der Waals surface area (Å²) in [5.41, 5.74) is 11.3. The third-order valence-corrected chi connectivity index (χ3v) is 6.47. The Bertz CT molecular complexity index is 1500. The molecule has 3 N–H and O–H groups in total. The molecule has 34 heavy (non-hydrogen) atoms. The molecule has 0 spiro atoms. The van der Waals surface area contributed by atoms with Crippen molar-refractivity contribution in [2.45, 2.75) is 38.3 Å². The van der Waals surface area contributed by atoms with E-state index in [1.54, 1.807) is 18.2 Å². The quantitative estimate of drug-likeness (QED) is 0.407. The van der Waals surface area contributed by atoms with Gasteiger partial charge in [-0.3, -0.25) is 4.79 Å². The lowest BCUT2D eigenvalue weighted by molar-refractivity contribution is 0.0952. The molecule has 1 aliphatic rings. The van der Waals surface area contributed by atoms with Crippen LogP contribution in [-0.2, 0) is 6.54 Å². The Kier molecular flexibility index (Phi) is 4.94. The van der Waals surface area contributed by atoms with Crippen LogP contribution in [0.5, 0.6) is 0 Å². The molecule has 170 valence electrons. The Hall–Kier alpha value is -4.27. The van der Waals surface area contributed by atoms with Crippen molar-refractivity contribution >= 4 is 33.9 Å². The van der Waals surface area contributed by atoms with Gasteiger partial charge in [-0.1, -0.05) is 43.2 Å². The highest BCUT2D eigenvalue weighted by molar-refractivity contribution is 6.04. The molecule has 0 bridgehead atoms. The van der Waals surface area contributed by atoms with Crippen molar-refractivity contribution in [2.24, 2.45) is 0 Å². The van der Waals surface area contributed by atoms with Crippen LogP contribution in [0.1, 0.15) is 47.6 Å². The molecule has 3 aromatic heterocycles. The highest BCUT2D eigenvalue weighted by atomic mass is 16.3. The highest BCUT2D eigenvalue weighted by Crippen LogP contribution is 2.36. The summed E-state index contributed by atoms with van der Waals surface area (Å²) in [6, 6.07) is 13.6. The normalized spacial score (nSPS) is 14.2. The zero-order valence-electron chi connectivity index (χ0n) is 18.4. The molecular weight excluding hydrogens is 430 g/mol. The summed E-state index contributed by atoms with van der Waals surface area (Å²) in [7, 11) is 0. The molecule has 1 saturated carbocycles. The minimum absolute atomic E-state index is 0.199. The van der Waals surface area contributed by atoms with E-state index < -0.39 is 0 Å². The van der Waals surface area contributed by atoms with E-state index in [1.807, 2.05) is 28.9 Å². The van der Waals surface area contributed by atoms with Gasteiger partial charge in [-0.05, 0) is 30.5 Å². The number of anilines is 1. The standard InChI is InChI=1S/C25H23N7O2/c26-23-20-21(31-32(17-4-1-2-5-17)24(20)29-13-28-23)16-10-8-15(9-11-16)12-27-25(33)18-6-3-7-19-22(18)30-14-34-19/h3,6-11,13-14,17H,1-2,4-5,12H2,(H,27,33)(H2,26,28,29). The molecule has 0 aliphatic heterocycles. The number of hydrogen-bond acceptors (Lipinski definition) is 7. The molecule has 3 heterocycles. The fraction of sp³-hybridized carbons (Fsp3) is 0.240. The van der Waals surface area contributed by atoms with Crippen molar-refractivity contribution in [3.05, 3.63) is 66.3 Å². The third-order valence-electron chi connectivity index (χ3n) is 6.47. The van der Waals surface area contributed by atoms with Gasteiger partial charge in [-0.25, -0.2) is 19.6 Å². The first kappa shape index (κ1) is 20.3. The van der Waals surface area contributed by atoms with E-state index in [0.717, 1.165) is 40.7 Å². The molecule has 2 aromatic carbocycles. The molecule has 0 atom stereocenters. The maximum absolute atomic E-state index is 12.7. The minimum atomic E-state index is -0.199. The van der Waals surface area contributed by atoms with Gasteiger partial charge in [-0.15, -0.1) is 0 Å². The minimum Gasteiger partial charge on any atom is -0.443 e. The largest absolute Gasteiger partial charge is 0.443 e. The highest BCUT2D eigenvalue weighted by Gasteiger charge is 2.24. The lowest BCUT2D eigenvalue weighted by Crippen LogP contribution is -2.23. The summed E-state index contributed by atoms with van der Waals surface area (Å²) in [6.45, 7) is 0.385. The Balaban J connectivity index is 1.25. The van der Waals surface area contributed by atoms with Crippen molar-refractivity contribution in [3.8, 4) is 11.3 Å². The second-order valence-corrected chi connectivity index (χ2v) is 8.57. The number of rotatable bonds is 5. The molecule has 0 saturated heterocycles. The molecule has 9 nitrogen and oxygen atoms in total. The summed E-state index contributed by atoms with van der Waals surface area (Å²) >= 11 is 0. The van der Waals surface area contributed by atoms with Gasteiger partial charge in [0.1, 0.15) is 23.4 Å². The number of hydrogen-bond donors (Lipinski definition) is 2. The number of nitrogens with zero attached hydrogens (tertiary/aromatic N) is 5. The third kappa shape index (κ3) is 3.45. The molecule has 5 aromatic rings. The van der Waals surface area contributed by atoms with E-state index in [9.17, 15) is 4.79 Å². The second kappa shape index (κ2) is 8.26. The number of aromatic nitrogens is 5. The Morgan fingerprint density at radius 3 is 2.74 bits per heavy atom. The number of fused-ring (bicyclic) bond motifs is 2. The maximum atomic E-state index is 12.7. The molecule has 9 heteroatoms. The van der Waals surface area contributed by atoms with Gasteiger partial charge < -0.3 is 15.5 Å². The van der Waals surface area contributed by atoms with Crippen molar-refractivity contribution in [1.82, 2.24) is 30.0 Å². The number of amides is 1. The smallest absolute Gasteiger partial charge is 0.253 e. The van der Waals surface area contributed by atoms with Gasteiger partial charge in [-0.2, -0.15) is 5.10 Å². The predicted octanol–water partition coefficient (Wildman–Crippen LogP) is 4.26. The molecule has 6 rings (SSSR count). The van der Waals surface area contributed by atoms with Gasteiger partial charge in [0.15, 0.2) is 17.6 Å². The monoisotopic (exact) mass is 453 g/mol. The maximum Gasteiger partial charge on any atom is 0.253 e. The Morgan fingerprint density at radius 2 is 1.91 bits per heavy atom. The molecular formula is C25H23N7O2. The first-order valence-electron chi connectivity index (χ1n) is 11.4. The van der Waals surface area contributed by atoms with Crippen LogP contribution >= 0.6 is 0 Å². The number of carbonyl (C=O) groups excluding carboxylic acids is 1. The predicted molar refractivity (Wildman–Crippen MR) is 128 cm³/mol. The Labute approximate surface area is 195 Å². The number of para-hydroxylation sites is 1. The van der Waals surface area contributed by atoms with Gasteiger partial charge >= 0.3 is 0 Å². The zero-order chi connectivity index (χ0) is 23.1. The molecule has 1 fully saturated rings. The van der Waals surface area contributed by atoms with Crippen molar-refractivity contribution in [3.63, 3.8) is 0 Å². The average molecular weight is 454 g/mol. The van der Waals surface area contributed by atoms with Gasteiger partial charge in [0, 0.05) is 12.1 Å². The number of carbonyl (C=O) groups is 1. The van der Waals surface area contributed by atoms with Crippen LogP contribution in [0, 0.1) is 0 Å². The van der Waals surface area contributed by atoms with Crippen LogP contribution in [0.3, 0.4) is 0 Å². The number of nitrogens with two attached hydrogens (primary N) is 1. The van der Waals surface area contributed by atoms with Crippen LogP contribution in [0.15, 0.2) is 59.6 Å². The summed E-state index contributed by atoms with van der Waals surface area (Å²) in [5.74, 6) is 0.234. The summed E-state index contributed by atoms with van der Waals surface area (Å²) in [6.07, 6.45) is 7.44. The molecule has 0 radical (unpaired) electrons. The van der Waals surface area contributed by atoms with Crippen molar-refractivity contribution < 1.29 is 9.21 Å². The van der Waals surface area contributed by atoms with E-state index in [1.165, 1.54) is 25.6 Å². The van der Waals surface area contributed by atoms with Crippen molar-refractivity contribution in [1.29, 1.82) is 0 Å². The van der Waals surface area contributed by atoms with Gasteiger partial charge in [0.25, 0.3) is 5.91 Å². The van der Waals surface area contributed by atoms with Gasteiger partial charge in [0.2, 0.25) is 0 Å². The number of nitrogens with one attached hydrogen (secondary N) is 1. The topological polar surface area (TPSA) is 125 Å².